The van der Waals surface area contributed by atoms with Crippen molar-refractivity contribution in [2.24, 2.45) is 0 Å². The second-order valence-corrected chi connectivity index (χ2v) is 4.14. The van der Waals surface area contributed by atoms with E-state index in [9.17, 15) is 14.4 Å². The molecule has 1 amide bonds. The Morgan fingerprint density at radius 1 is 1.40 bits per heavy atom. The molecule has 2 heterocycles. The number of rotatable bonds is 4. The summed E-state index contributed by atoms with van der Waals surface area (Å²) in [6.45, 7) is 2.24. The Bertz CT molecular complexity index is 714. The first-order valence-electron chi connectivity index (χ1n) is 5.93. The Morgan fingerprint density at radius 3 is 2.90 bits per heavy atom. The lowest BCUT2D eigenvalue weighted by atomic mass is 10.3. The minimum Gasteiger partial charge on any atom is -0.349 e. The number of aromatic nitrogens is 4. The lowest BCUT2D eigenvalue weighted by molar-refractivity contribution is 0.0946. The standard InChI is InChI=1S/C12H13N5O3/c1-8-6-13-7-17(12(8)20)5-4-14-11(19)9-2-3-10(18)16-15-9/h2-3,6-7H,4-5H2,1H3,(H,14,19)(H,16,18). The van der Waals surface area contributed by atoms with Crippen molar-refractivity contribution in [1.29, 1.82) is 0 Å². The van der Waals surface area contributed by atoms with Crippen molar-refractivity contribution in [2.75, 3.05) is 6.54 Å². The highest BCUT2D eigenvalue weighted by molar-refractivity contribution is 5.91. The summed E-state index contributed by atoms with van der Waals surface area (Å²) >= 11 is 0. The summed E-state index contributed by atoms with van der Waals surface area (Å²) in [7, 11) is 0. The van der Waals surface area contributed by atoms with E-state index in [2.05, 4.69) is 20.5 Å². The van der Waals surface area contributed by atoms with Crippen LogP contribution in [0.5, 0.6) is 0 Å². The van der Waals surface area contributed by atoms with E-state index in [1.54, 1.807) is 6.92 Å². The lowest BCUT2D eigenvalue weighted by Crippen LogP contribution is -2.32. The number of carbonyl (C=O) groups excluding carboxylic acids is 1. The topological polar surface area (TPSA) is 110 Å². The van der Waals surface area contributed by atoms with E-state index in [0.717, 1.165) is 0 Å². The second-order valence-electron chi connectivity index (χ2n) is 4.14. The zero-order chi connectivity index (χ0) is 14.5. The van der Waals surface area contributed by atoms with Gasteiger partial charge in [0.05, 0.1) is 6.33 Å². The van der Waals surface area contributed by atoms with E-state index < -0.39 is 5.91 Å². The van der Waals surface area contributed by atoms with E-state index in [4.69, 9.17) is 0 Å². The SMILES string of the molecule is Cc1cncn(CCNC(=O)c2ccc(=O)[nH]n2)c1=O. The number of aryl methyl sites for hydroxylation is 1. The fourth-order valence-electron chi connectivity index (χ4n) is 1.57. The predicted octanol–water partition coefficient (Wildman–Crippen LogP) is -0.935. The lowest BCUT2D eigenvalue weighted by Gasteiger charge is -2.07. The molecule has 0 aliphatic heterocycles. The van der Waals surface area contributed by atoms with Crippen LogP contribution in [-0.2, 0) is 6.54 Å². The summed E-state index contributed by atoms with van der Waals surface area (Å²) in [4.78, 5) is 38.1. The zero-order valence-electron chi connectivity index (χ0n) is 10.8. The maximum atomic E-state index is 11.7. The van der Waals surface area contributed by atoms with Gasteiger partial charge in [0.2, 0.25) is 0 Å². The van der Waals surface area contributed by atoms with Crippen molar-refractivity contribution >= 4 is 5.91 Å². The number of hydrogen-bond donors (Lipinski definition) is 2. The number of aromatic amines is 1. The maximum absolute atomic E-state index is 11.7. The van der Waals surface area contributed by atoms with Crippen LogP contribution in [0.2, 0.25) is 0 Å². The third-order valence-corrected chi connectivity index (χ3v) is 2.62. The van der Waals surface area contributed by atoms with E-state index in [-0.39, 0.29) is 23.4 Å². The Kier molecular flexibility index (Phi) is 4.04. The molecule has 2 N–H and O–H groups in total. The molecule has 0 radical (unpaired) electrons. The molecule has 0 bridgehead atoms. The molecule has 0 saturated heterocycles. The van der Waals surface area contributed by atoms with Crippen molar-refractivity contribution in [3.8, 4) is 0 Å². The fourth-order valence-corrected chi connectivity index (χ4v) is 1.57. The molecule has 0 aliphatic rings. The van der Waals surface area contributed by atoms with Gasteiger partial charge in [-0.25, -0.2) is 10.1 Å². The molecule has 104 valence electrons. The summed E-state index contributed by atoms with van der Waals surface area (Å²) in [5, 5.41) is 8.38. The van der Waals surface area contributed by atoms with Crippen LogP contribution in [0.3, 0.4) is 0 Å². The normalized spacial score (nSPS) is 10.2. The van der Waals surface area contributed by atoms with E-state index in [1.807, 2.05) is 0 Å². The third-order valence-electron chi connectivity index (χ3n) is 2.62. The molecule has 2 aromatic heterocycles. The highest BCUT2D eigenvalue weighted by Crippen LogP contribution is 1.89. The zero-order valence-corrected chi connectivity index (χ0v) is 10.8. The van der Waals surface area contributed by atoms with Crippen LogP contribution in [0.4, 0.5) is 0 Å². The minimum atomic E-state index is -0.421. The van der Waals surface area contributed by atoms with Crippen LogP contribution < -0.4 is 16.4 Å². The molecule has 0 saturated carbocycles. The number of nitrogens with zero attached hydrogens (tertiary/aromatic N) is 3. The van der Waals surface area contributed by atoms with Gasteiger partial charge in [-0.05, 0) is 13.0 Å². The molecule has 0 unspecified atom stereocenters. The number of hydrogen-bond acceptors (Lipinski definition) is 5. The maximum Gasteiger partial charge on any atom is 0.271 e. The number of carbonyl (C=O) groups is 1. The van der Waals surface area contributed by atoms with Crippen LogP contribution in [0.1, 0.15) is 16.1 Å². The molecule has 20 heavy (non-hydrogen) atoms. The van der Waals surface area contributed by atoms with Gasteiger partial charge in [0.25, 0.3) is 17.0 Å². The number of amides is 1. The van der Waals surface area contributed by atoms with Gasteiger partial charge in [0, 0.05) is 30.9 Å². The predicted molar refractivity (Wildman–Crippen MR) is 70.4 cm³/mol. The summed E-state index contributed by atoms with van der Waals surface area (Å²) in [6, 6.07) is 2.55. The Balaban J connectivity index is 1.94. The second kappa shape index (κ2) is 5.91. The van der Waals surface area contributed by atoms with Gasteiger partial charge in [-0.1, -0.05) is 0 Å². The summed E-state index contributed by atoms with van der Waals surface area (Å²) in [5.41, 5.74) is 0.135. The summed E-state index contributed by atoms with van der Waals surface area (Å²) in [6.07, 6.45) is 2.90. The highest BCUT2D eigenvalue weighted by atomic mass is 16.2. The Labute approximate surface area is 113 Å². The van der Waals surface area contributed by atoms with Crippen LogP contribution in [0, 0.1) is 6.92 Å². The first-order valence-corrected chi connectivity index (χ1v) is 5.93. The molecular weight excluding hydrogens is 262 g/mol. The van der Waals surface area contributed by atoms with Gasteiger partial charge in [-0.15, -0.1) is 0 Å². The van der Waals surface area contributed by atoms with Gasteiger partial charge in [0.15, 0.2) is 0 Å². The Hall–Kier alpha value is -2.77. The van der Waals surface area contributed by atoms with Crippen LogP contribution in [0.15, 0.2) is 34.2 Å². The van der Waals surface area contributed by atoms with Gasteiger partial charge >= 0.3 is 0 Å². The molecule has 0 spiro atoms. The first-order chi connectivity index (χ1) is 9.58. The molecule has 0 aromatic carbocycles. The average molecular weight is 275 g/mol. The molecule has 8 heteroatoms. The number of nitrogens with one attached hydrogen (secondary N) is 2. The van der Waals surface area contributed by atoms with Crippen molar-refractivity contribution in [3.05, 3.63) is 56.6 Å². The van der Waals surface area contributed by atoms with E-state index in [1.165, 1.54) is 29.2 Å². The van der Waals surface area contributed by atoms with Gasteiger partial charge in [-0.3, -0.25) is 19.0 Å². The van der Waals surface area contributed by atoms with Gasteiger partial charge in [-0.2, -0.15) is 5.10 Å². The van der Waals surface area contributed by atoms with E-state index >= 15 is 0 Å². The molecular formula is C12H13N5O3. The molecule has 0 aliphatic carbocycles. The molecule has 2 aromatic rings. The quantitative estimate of drug-likeness (QED) is 0.748. The molecule has 0 atom stereocenters. The average Bonchev–Trinajstić information content (AvgIpc) is 2.44. The fraction of sp³-hybridized carbons (Fsp3) is 0.250. The molecule has 8 nitrogen and oxygen atoms in total. The largest absolute Gasteiger partial charge is 0.349 e. The van der Waals surface area contributed by atoms with Gasteiger partial charge in [0.1, 0.15) is 5.69 Å². The van der Waals surface area contributed by atoms with Crippen molar-refractivity contribution in [1.82, 2.24) is 25.1 Å². The van der Waals surface area contributed by atoms with Crippen molar-refractivity contribution in [2.45, 2.75) is 13.5 Å². The van der Waals surface area contributed by atoms with Crippen LogP contribution >= 0.6 is 0 Å². The molecule has 2 rings (SSSR count). The van der Waals surface area contributed by atoms with Crippen molar-refractivity contribution < 1.29 is 4.79 Å². The van der Waals surface area contributed by atoms with Gasteiger partial charge < -0.3 is 5.32 Å². The minimum absolute atomic E-state index is 0.110. The van der Waals surface area contributed by atoms with Crippen LogP contribution in [0.25, 0.3) is 0 Å². The first kappa shape index (κ1) is 13.7. The number of H-pyrrole nitrogens is 1. The highest BCUT2D eigenvalue weighted by Gasteiger charge is 2.06. The van der Waals surface area contributed by atoms with Crippen molar-refractivity contribution in [3.63, 3.8) is 0 Å². The summed E-state index contributed by atoms with van der Waals surface area (Å²) < 4.78 is 1.41. The monoisotopic (exact) mass is 275 g/mol. The summed E-state index contributed by atoms with van der Waals surface area (Å²) in [5.74, 6) is -0.421. The Morgan fingerprint density at radius 2 is 2.20 bits per heavy atom. The third kappa shape index (κ3) is 3.16. The van der Waals surface area contributed by atoms with E-state index in [0.29, 0.717) is 12.1 Å². The molecule has 0 fully saturated rings. The van der Waals surface area contributed by atoms with Crippen LogP contribution in [-0.4, -0.2) is 32.2 Å². The smallest absolute Gasteiger partial charge is 0.271 e.